The third-order valence-corrected chi connectivity index (χ3v) is 5.13. The number of rotatable bonds is 4. The van der Waals surface area contributed by atoms with E-state index in [-0.39, 0.29) is 0 Å². The Morgan fingerprint density at radius 2 is 1.85 bits per heavy atom. The van der Waals surface area contributed by atoms with Crippen LogP contribution in [0, 0.1) is 11.8 Å². The van der Waals surface area contributed by atoms with Crippen LogP contribution in [-0.4, -0.2) is 66.5 Å². The van der Waals surface area contributed by atoms with Crippen LogP contribution in [0.25, 0.3) is 0 Å². The zero-order valence-corrected chi connectivity index (χ0v) is 13.9. The van der Waals surface area contributed by atoms with Gasteiger partial charge in [0.05, 0.1) is 0 Å². The second-order valence-electron chi connectivity index (χ2n) is 6.40. The smallest absolute Gasteiger partial charge is 0.191 e. The summed E-state index contributed by atoms with van der Waals surface area (Å²) in [5, 5.41) is 0. The lowest BCUT2D eigenvalue weighted by Crippen LogP contribution is -2.43. The Morgan fingerprint density at radius 1 is 1.20 bits per heavy atom. The molecule has 2 N–H and O–H groups in total. The van der Waals surface area contributed by atoms with Gasteiger partial charge in [-0.2, -0.15) is 11.8 Å². The van der Waals surface area contributed by atoms with Crippen molar-refractivity contribution < 1.29 is 0 Å². The number of nitrogens with two attached hydrogens (primary N) is 1. The lowest BCUT2D eigenvalue weighted by molar-refractivity contribution is 0.140. The van der Waals surface area contributed by atoms with Crippen LogP contribution in [0.15, 0.2) is 4.99 Å². The van der Waals surface area contributed by atoms with Crippen molar-refractivity contribution in [3.63, 3.8) is 0 Å². The number of likely N-dealkylation sites (tertiary alicyclic amines) is 1. The highest BCUT2D eigenvalue weighted by Crippen LogP contribution is 2.20. The second-order valence-corrected chi connectivity index (χ2v) is 7.62. The number of nitrogens with zero attached hydrogens (tertiary/aromatic N) is 3. The minimum Gasteiger partial charge on any atom is -0.370 e. The first kappa shape index (κ1) is 16.0. The average Bonchev–Trinajstić information content (AvgIpc) is 2.43. The number of hydrogen-bond acceptors (Lipinski definition) is 3. The minimum absolute atomic E-state index is 0.755. The van der Waals surface area contributed by atoms with Gasteiger partial charge in [0.15, 0.2) is 5.96 Å². The predicted octanol–water partition coefficient (Wildman–Crippen LogP) is 1.72. The van der Waals surface area contributed by atoms with E-state index in [4.69, 9.17) is 5.73 Å². The Balaban J connectivity index is 1.65. The highest BCUT2D eigenvalue weighted by Gasteiger charge is 2.21. The number of hydrogen-bond donors (Lipinski definition) is 1. The van der Waals surface area contributed by atoms with Crippen LogP contribution >= 0.6 is 11.8 Å². The van der Waals surface area contributed by atoms with Gasteiger partial charge in [-0.05, 0) is 31.2 Å². The molecule has 0 aromatic rings. The van der Waals surface area contributed by atoms with E-state index in [1.807, 2.05) is 11.8 Å². The van der Waals surface area contributed by atoms with Crippen molar-refractivity contribution in [3.05, 3.63) is 0 Å². The molecule has 20 heavy (non-hydrogen) atoms. The van der Waals surface area contributed by atoms with Crippen molar-refractivity contribution in [1.29, 1.82) is 0 Å². The fraction of sp³-hybridized carbons (Fsp3) is 0.933. The van der Waals surface area contributed by atoms with E-state index >= 15 is 0 Å². The number of aliphatic imine (C=N–C) groups is 1. The van der Waals surface area contributed by atoms with Gasteiger partial charge < -0.3 is 15.5 Å². The van der Waals surface area contributed by atoms with E-state index in [9.17, 15) is 0 Å². The third kappa shape index (κ3) is 5.17. The lowest BCUT2D eigenvalue weighted by Gasteiger charge is -2.34. The van der Waals surface area contributed by atoms with Crippen LogP contribution in [0.4, 0.5) is 0 Å². The zero-order chi connectivity index (χ0) is 14.4. The van der Waals surface area contributed by atoms with Crippen molar-refractivity contribution in [2.45, 2.75) is 26.7 Å². The zero-order valence-electron chi connectivity index (χ0n) is 13.1. The maximum Gasteiger partial charge on any atom is 0.191 e. The molecular formula is C15H30N4S. The molecule has 2 unspecified atom stereocenters. The van der Waals surface area contributed by atoms with Crippen molar-refractivity contribution in [2.24, 2.45) is 22.6 Å². The second kappa shape index (κ2) is 8.13. The molecule has 0 radical (unpaired) electrons. The van der Waals surface area contributed by atoms with Gasteiger partial charge in [-0.3, -0.25) is 4.99 Å². The number of guanidine groups is 1. The standard InChI is InChI=1S/C15H30N4S/c1-13-10-14(2)12-18(11-13)5-3-4-17-15(16)19-6-8-20-9-7-19/h13-14H,3-12H2,1-2H3,(H2,16,17). The lowest BCUT2D eigenvalue weighted by atomic mass is 9.92. The molecule has 0 bridgehead atoms. The maximum atomic E-state index is 6.06. The summed E-state index contributed by atoms with van der Waals surface area (Å²) in [4.78, 5) is 9.38. The molecule has 0 saturated carbocycles. The summed E-state index contributed by atoms with van der Waals surface area (Å²) in [6, 6.07) is 0. The highest BCUT2D eigenvalue weighted by molar-refractivity contribution is 7.99. The van der Waals surface area contributed by atoms with Gasteiger partial charge >= 0.3 is 0 Å². The van der Waals surface area contributed by atoms with Crippen LogP contribution < -0.4 is 5.73 Å². The van der Waals surface area contributed by atoms with E-state index in [1.54, 1.807) is 0 Å². The van der Waals surface area contributed by atoms with Crippen molar-refractivity contribution >= 4 is 17.7 Å². The van der Waals surface area contributed by atoms with Gasteiger partial charge in [-0.15, -0.1) is 0 Å². The highest BCUT2D eigenvalue weighted by atomic mass is 32.2. The van der Waals surface area contributed by atoms with E-state index in [0.717, 1.165) is 43.9 Å². The van der Waals surface area contributed by atoms with Crippen LogP contribution in [-0.2, 0) is 0 Å². The summed E-state index contributed by atoms with van der Waals surface area (Å²) in [6.45, 7) is 11.4. The Bertz CT molecular complexity index is 305. The van der Waals surface area contributed by atoms with Crippen molar-refractivity contribution in [1.82, 2.24) is 9.80 Å². The molecule has 5 heteroatoms. The Kier molecular flexibility index (Phi) is 6.49. The molecular weight excluding hydrogens is 268 g/mol. The predicted molar refractivity (Wildman–Crippen MR) is 89.4 cm³/mol. The van der Waals surface area contributed by atoms with Crippen LogP contribution in [0.1, 0.15) is 26.7 Å². The molecule has 2 rings (SSSR count). The van der Waals surface area contributed by atoms with Crippen LogP contribution in [0.3, 0.4) is 0 Å². The Morgan fingerprint density at radius 3 is 2.50 bits per heavy atom. The maximum absolute atomic E-state index is 6.06. The largest absolute Gasteiger partial charge is 0.370 e. The van der Waals surface area contributed by atoms with Gasteiger partial charge in [0.25, 0.3) is 0 Å². The molecule has 2 saturated heterocycles. The molecule has 0 spiro atoms. The molecule has 0 aliphatic carbocycles. The summed E-state index contributed by atoms with van der Waals surface area (Å²) in [7, 11) is 0. The summed E-state index contributed by atoms with van der Waals surface area (Å²) in [6.07, 6.45) is 2.51. The molecule has 0 aromatic carbocycles. The molecule has 2 heterocycles. The quantitative estimate of drug-likeness (QED) is 0.488. The summed E-state index contributed by atoms with van der Waals surface area (Å²) >= 11 is 2.00. The topological polar surface area (TPSA) is 44.9 Å². The fourth-order valence-electron chi connectivity index (χ4n) is 3.35. The molecule has 2 aliphatic rings. The van der Waals surface area contributed by atoms with E-state index in [2.05, 4.69) is 28.6 Å². The first-order valence-corrected chi connectivity index (χ1v) is 9.15. The van der Waals surface area contributed by atoms with Gasteiger partial charge in [0.2, 0.25) is 0 Å². The van der Waals surface area contributed by atoms with Gasteiger partial charge in [-0.1, -0.05) is 13.8 Å². The third-order valence-electron chi connectivity index (χ3n) is 4.19. The van der Waals surface area contributed by atoms with Crippen LogP contribution in [0.5, 0.6) is 0 Å². The fourth-order valence-corrected chi connectivity index (χ4v) is 4.26. The van der Waals surface area contributed by atoms with E-state index in [1.165, 1.54) is 37.6 Å². The van der Waals surface area contributed by atoms with Crippen LogP contribution in [0.2, 0.25) is 0 Å². The molecule has 2 fully saturated rings. The summed E-state index contributed by atoms with van der Waals surface area (Å²) in [5.74, 6) is 4.81. The van der Waals surface area contributed by atoms with Gasteiger partial charge in [0, 0.05) is 44.2 Å². The normalized spacial score (nSPS) is 29.7. The van der Waals surface area contributed by atoms with Gasteiger partial charge in [-0.25, -0.2) is 0 Å². The van der Waals surface area contributed by atoms with Crippen molar-refractivity contribution in [2.75, 3.05) is 50.8 Å². The monoisotopic (exact) mass is 298 g/mol. The van der Waals surface area contributed by atoms with E-state index in [0.29, 0.717) is 0 Å². The number of piperidine rings is 1. The average molecular weight is 299 g/mol. The molecule has 116 valence electrons. The molecule has 4 nitrogen and oxygen atoms in total. The van der Waals surface area contributed by atoms with E-state index < -0.39 is 0 Å². The summed E-state index contributed by atoms with van der Waals surface area (Å²) < 4.78 is 0. The Labute approximate surface area is 128 Å². The molecule has 2 atom stereocenters. The Hall–Kier alpha value is -0.420. The molecule has 2 aliphatic heterocycles. The summed E-state index contributed by atoms with van der Waals surface area (Å²) in [5.41, 5.74) is 6.06. The minimum atomic E-state index is 0.755. The first-order valence-electron chi connectivity index (χ1n) is 8.00. The number of thioether (sulfide) groups is 1. The molecule has 0 aromatic heterocycles. The van der Waals surface area contributed by atoms with Crippen molar-refractivity contribution in [3.8, 4) is 0 Å². The first-order chi connectivity index (χ1) is 9.65. The molecule has 0 amide bonds. The van der Waals surface area contributed by atoms with Gasteiger partial charge in [0.1, 0.15) is 0 Å². The SMILES string of the molecule is CC1CC(C)CN(CCCN=C(N)N2CCSCC2)C1.